The molecule has 2 aromatic rings. The molecule has 1 atom stereocenters. The van der Waals surface area contributed by atoms with Crippen molar-refractivity contribution in [3.8, 4) is 11.5 Å². The van der Waals surface area contributed by atoms with Crippen molar-refractivity contribution in [2.75, 3.05) is 12.4 Å². The summed E-state index contributed by atoms with van der Waals surface area (Å²) in [4.78, 5) is 26.4. The number of hydrogen-bond donors (Lipinski definition) is 1. The Bertz CT molecular complexity index is 812. The van der Waals surface area contributed by atoms with E-state index in [-0.39, 0.29) is 5.75 Å². The molecule has 1 aromatic heterocycles. The van der Waals surface area contributed by atoms with Gasteiger partial charge in [-0.25, -0.2) is 0 Å². The second kappa shape index (κ2) is 7.80. The first-order chi connectivity index (χ1) is 11.8. The number of ether oxygens (including phenoxy) is 2. The summed E-state index contributed by atoms with van der Waals surface area (Å²) in [6, 6.07) is 7.73. The Morgan fingerprint density at radius 3 is 2.60 bits per heavy atom. The fourth-order valence-corrected chi connectivity index (χ4v) is 2.24. The van der Waals surface area contributed by atoms with Gasteiger partial charge in [-0.3, -0.25) is 4.79 Å². The van der Waals surface area contributed by atoms with Crippen molar-refractivity contribution >= 4 is 29.0 Å². The van der Waals surface area contributed by atoms with Crippen molar-refractivity contribution in [2.45, 2.75) is 20.0 Å². The third kappa shape index (κ3) is 4.57. The van der Waals surface area contributed by atoms with Crippen molar-refractivity contribution in [2.24, 2.45) is 0 Å². The molecule has 8 nitrogen and oxygen atoms in total. The van der Waals surface area contributed by atoms with Crippen LogP contribution in [0, 0.1) is 17.0 Å². The summed E-state index contributed by atoms with van der Waals surface area (Å²) in [5.74, 6) is -0.528. The number of benzene rings is 1. The van der Waals surface area contributed by atoms with Crippen LogP contribution in [0.2, 0.25) is 5.02 Å². The molecule has 2 rings (SSSR count). The highest BCUT2D eigenvalue weighted by molar-refractivity contribution is 6.32. The molecule has 25 heavy (non-hydrogen) atoms. The highest BCUT2D eigenvalue weighted by atomic mass is 35.5. The third-order valence-electron chi connectivity index (χ3n) is 3.24. The molecule has 0 fully saturated rings. The normalized spacial score (nSPS) is 11.5. The minimum absolute atomic E-state index is 0.0778. The van der Waals surface area contributed by atoms with Crippen molar-refractivity contribution in [1.82, 2.24) is 4.98 Å². The summed E-state index contributed by atoms with van der Waals surface area (Å²) in [7, 11) is 1.48. The van der Waals surface area contributed by atoms with E-state index in [1.54, 1.807) is 25.1 Å². The van der Waals surface area contributed by atoms with E-state index in [2.05, 4.69) is 10.3 Å². The maximum Gasteiger partial charge on any atom is 0.406 e. The highest BCUT2D eigenvalue weighted by Gasteiger charge is 2.23. The molecule has 0 aliphatic heterocycles. The van der Waals surface area contributed by atoms with Crippen molar-refractivity contribution in [3.63, 3.8) is 0 Å². The minimum Gasteiger partial charge on any atom is -0.495 e. The Balaban J connectivity index is 2.11. The van der Waals surface area contributed by atoms with Gasteiger partial charge in [0.25, 0.3) is 5.91 Å². The maximum atomic E-state index is 12.2. The van der Waals surface area contributed by atoms with Crippen LogP contribution < -0.4 is 14.8 Å². The van der Waals surface area contributed by atoms with Crippen molar-refractivity contribution < 1.29 is 19.2 Å². The van der Waals surface area contributed by atoms with Crippen molar-refractivity contribution in [1.29, 1.82) is 0 Å². The number of nitro groups is 1. The molecule has 0 bridgehead atoms. The molecule has 1 amide bonds. The van der Waals surface area contributed by atoms with Gasteiger partial charge in [-0.05, 0) is 47.2 Å². The molecule has 0 unspecified atom stereocenters. The first-order valence-corrected chi connectivity index (χ1v) is 7.62. The van der Waals surface area contributed by atoms with E-state index in [0.29, 0.717) is 22.2 Å². The number of nitrogens with zero attached hydrogens (tertiary/aromatic N) is 2. The molecule has 1 aromatic carbocycles. The lowest BCUT2D eigenvalue weighted by Crippen LogP contribution is -2.30. The zero-order valence-corrected chi connectivity index (χ0v) is 14.5. The number of carbonyl (C=O) groups excluding carboxylic acids is 1. The smallest absolute Gasteiger partial charge is 0.406 e. The predicted octanol–water partition coefficient (Wildman–Crippen LogP) is 3.37. The summed E-state index contributed by atoms with van der Waals surface area (Å²) in [6.07, 6.45) is -0.982. The molecule has 0 radical (unpaired) electrons. The molecule has 9 heteroatoms. The fourth-order valence-electron chi connectivity index (χ4n) is 1.99. The molecule has 1 N–H and O–H groups in total. The second-order valence-corrected chi connectivity index (χ2v) is 5.54. The van der Waals surface area contributed by atoms with Crippen molar-refractivity contribution in [3.05, 3.63) is 51.2 Å². The van der Waals surface area contributed by atoms with Crippen LogP contribution in [0.5, 0.6) is 11.5 Å². The quantitative estimate of drug-likeness (QED) is 0.621. The number of pyridine rings is 1. The first kappa shape index (κ1) is 18.5. The minimum atomic E-state index is -0.982. The number of halogens is 1. The number of anilines is 1. The monoisotopic (exact) mass is 365 g/mol. The Kier molecular flexibility index (Phi) is 5.76. The SMILES string of the molecule is COc1ccc(NC(=O)[C@@H](C)Oc2ccc(C)nc2[N+](=O)[O-])cc1Cl. The van der Waals surface area contributed by atoms with Gasteiger partial charge in [0.1, 0.15) is 11.4 Å². The summed E-state index contributed by atoms with van der Waals surface area (Å²) in [6.45, 7) is 3.10. The fraction of sp³-hybridized carbons (Fsp3) is 0.250. The van der Waals surface area contributed by atoms with Gasteiger partial charge in [-0.2, -0.15) is 0 Å². The van der Waals surface area contributed by atoms with E-state index >= 15 is 0 Å². The lowest BCUT2D eigenvalue weighted by Gasteiger charge is -2.15. The van der Waals surface area contributed by atoms with Crippen LogP contribution in [-0.2, 0) is 4.79 Å². The largest absolute Gasteiger partial charge is 0.495 e. The number of carbonyl (C=O) groups is 1. The number of methoxy groups -OCH3 is 1. The number of aromatic nitrogens is 1. The Hall–Kier alpha value is -2.87. The molecule has 0 spiro atoms. The van der Waals surface area contributed by atoms with Crippen LogP contribution >= 0.6 is 11.6 Å². The summed E-state index contributed by atoms with van der Waals surface area (Å²) in [5, 5.41) is 14.0. The number of aryl methyl sites for hydroxylation is 1. The van der Waals surface area contributed by atoms with Gasteiger partial charge in [-0.15, -0.1) is 0 Å². The zero-order chi connectivity index (χ0) is 18.6. The van der Waals surface area contributed by atoms with Gasteiger partial charge >= 0.3 is 5.82 Å². The summed E-state index contributed by atoms with van der Waals surface area (Å²) >= 11 is 6.00. The Labute approximate surface area is 148 Å². The first-order valence-electron chi connectivity index (χ1n) is 7.25. The Morgan fingerprint density at radius 2 is 2.00 bits per heavy atom. The van der Waals surface area contributed by atoms with Crippen LogP contribution in [0.25, 0.3) is 0 Å². The third-order valence-corrected chi connectivity index (χ3v) is 3.54. The lowest BCUT2D eigenvalue weighted by atomic mass is 10.2. The summed E-state index contributed by atoms with van der Waals surface area (Å²) < 4.78 is 10.4. The predicted molar refractivity (Wildman–Crippen MR) is 92.4 cm³/mol. The number of rotatable bonds is 6. The lowest BCUT2D eigenvalue weighted by molar-refractivity contribution is -0.390. The molecular formula is C16H16ClN3O5. The molecular weight excluding hydrogens is 350 g/mol. The molecule has 0 aliphatic rings. The van der Waals surface area contributed by atoms with E-state index in [1.807, 2.05) is 0 Å². The topological polar surface area (TPSA) is 104 Å². The molecule has 0 saturated heterocycles. The van der Waals surface area contributed by atoms with Crippen LogP contribution in [-0.4, -0.2) is 29.0 Å². The van der Waals surface area contributed by atoms with E-state index in [9.17, 15) is 14.9 Å². The van der Waals surface area contributed by atoms with Gasteiger partial charge in [-0.1, -0.05) is 11.6 Å². The zero-order valence-electron chi connectivity index (χ0n) is 13.8. The number of hydrogen-bond acceptors (Lipinski definition) is 6. The van der Waals surface area contributed by atoms with Crippen LogP contribution in [0.15, 0.2) is 30.3 Å². The van der Waals surface area contributed by atoms with Gasteiger partial charge in [0, 0.05) is 12.6 Å². The Morgan fingerprint density at radius 1 is 1.32 bits per heavy atom. The molecule has 0 saturated carbocycles. The van der Waals surface area contributed by atoms with E-state index < -0.39 is 22.8 Å². The highest BCUT2D eigenvalue weighted by Crippen LogP contribution is 2.28. The second-order valence-electron chi connectivity index (χ2n) is 5.13. The van der Waals surface area contributed by atoms with Crippen LogP contribution in [0.4, 0.5) is 11.5 Å². The van der Waals surface area contributed by atoms with Gasteiger partial charge in [0.15, 0.2) is 6.10 Å². The van der Waals surface area contributed by atoms with Gasteiger partial charge in [0.05, 0.1) is 12.1 Å². The van der Waals surface area contributed by atoms with E-state index in [1.165, 1.54) is 26.2 Å². The summed E-state index contributed by atoms with van der Waals surface area (Å²) in [5.41, 5.74) is 0.923. The molecule has 0 aliphatic carbocycles. The maximum absolute atomic E-state index is 12.2. The standard InChI is InChI=1S/C16H16ClN3O5/c1-9-4-6-14(15(18-9)20(22)23)25-10(2)16(21)19-11-5-7-13(24-3)12(17)8-11/h4-8,10H,1-3H3,(H,19,21)/t10-/m1/s1. The molecule has 1 heterocycles. The van der Waals surface area contributed by atoms with Gasteiger partial charge < -0.3 is 24.9 Å². The number of nitrogens with one attached hydrogen (secondary N) is 1. The van der Waals surface area contributed by atoms with E-state index in [4.69, 9.17) is 21.1 Å². The van der Waals surface area contributed by atoms with Gasteiger partial charge in [0.2, 0.25) is 5.75 Å². The average molecular weight is 366 g/mol. The van der Waals surface area contributed by atoms with Crippen LogP contribution in [0.3, 0.4) is 0 Å². The van der Waals surface area contributed by atoms with E-state index in [0.717, 1.165) is 0 Å². The average Bonchev–Trinajstić information content (AvgIpc) is 2.56. The van der Waals surface area contributed by atoms with Crippen LogP contribution in [0.1, 0.15) is 12.6 Å². The number of amides is 1. The molecule has 132 valence electrons.